The smallest absolute Gasteiger partial charge is 0.345 e. The summed E-state index contributed by atoms with van der Waals surface area (Å²) in [5.74, 6) is 5.75. The molecule has 6 aliphatic heterocycles. The van der Waals surface area contributed by atoms with Crippen molar-refractivity contribution in [1.82, 2.24) is 94.7 Å². The molecule has 4 saturated heterocycles. The number of imidazole rings is 1. The number of hydrogen-bond acceptors (Lipinski definition) is 28. The molecule has 0 bridgehead atoms. The molecule has 6 aliphatic rings. The molecule has 0 radical (unpaired) electrons. The predicted molar refractivity (Wildman–Crippen MR) is 514 cm³/mol. The number of morpholine rings is 2. The van der Waals surface area contributed by atoms with Crippen LogP contribution in [0.15, 0.2) is 151 Å². The number of thiophene rings is 3. The summed E-state index contributed by atoms with van der Waals surface area (Å²) in [6.45, 7) is 23.7. The number of rotatable bonds is 26. The number of benzene rings is 3. The lowest BCUT2D eigenvalue weighted by molar-refractivity contribution is -0.452. The van der Waals surface area contributed by atoms with E-state index in [2.05, 4.69) is 94.8 Å². The predicted octanol–water partition coefficient (Wildman–Crippen LogP) is 13.5. The molecular formula is C96H108N23O9S3+. The molecule has 32 nitrogen and oxygen atoms in total. The molecule has 4 fully saturated rings. The number of nitrogen functional groups attached to an aromatic ring is 1. The van der Waals surface area contributed by atoms with E-state index in [9.17, 15) is 28.8 Å². The number of nitrogens with one attached hydrogen (secondary N) is 3. The normalized spacial score (nSPS) is 16.1. The van der Waals surface area contributed by atoms with Crippen molar-refractivity contribution in [3.05, 3.63) is 177 Å². The van der Waals surface area contributed by atoms with Crippen molar-refractivity contribution in [2.24, 2.45) is 0 Å². The fraction of sp³-hybridized carbons (Fsp3) is 0.375. The van der Waals surface area contributed by atoms with Crippen molar-refractivity contribution in [2.75, 3.05) is 153 Å². The van der Waals surface area contributed by atoms with Gasteiger partial charge >= 0.3 is 5.82 Å². The van der Waals surface area contributed by atoms with E-state index < -0.39 is 0 Å². The zero-order chi connectivity index (χ0) is 89.6. The number of aromatic amines is 3. The molecule has 678 valence electrons. The van der Waals surface area contributed by atoms with Gasteiger partial charge in [-0.1, -0.05) is 73.7 Å². The third-order valence-corrected chi connectivity index (χ3v) is 27.2. The number of nitrogens with zero attached hydrogens (tertiary/aromatic N) is 19. The second-order valence-corrected chi connectivity index (χ2v) is 36.4. The minimum atomic E-state index is -0.0349. The Labute approximate surface area is 770 Å². The van der Waals surface area contributed by atoms with Crippen LogP contribution in [0.5, 0.6) is 0 Å². The van der Waals surface area contributed by atoms with Gasteiger partial charge in [-0.2, -0.15) is 10.2 Å². The maximum atomic E-state index is 13.0. The van der Waals surface area contributed by atoms with E-state index in [1.54, 1.807) is 77.9 Å². The van der Waals surface area contributed by atoms with Gasteiger partial charge in [-0.25, -0.2) is 44.4 Å². The first-order valence-electron chi connectivity index (χ1n) is 44.2. The molecule has 5 N–H and O–H groups in total. The lowest BCUT2D eigenvalue weighted by Crippen LogP contribution is -2.48. The van der Waals surface area contributed by atoms with Crippen LogP contribution in [0.1, 0.15) is 113 Å². The van der Waals surface area contributed by atoms with Gasteiger partial charge in [0.25, 0.3) is 5.82 Å². The van der Waals surface area contributed by atoms with Crippen molar-refractivity contribution in [2.45, 2.75) is 99.6 Å². The van der Waals surface area contributed by atoms with E-state index in [0.717, 1.165) is 169 Å². The maximum absolute atomic E-state index is 13.0. The van der Waals surface area contributed by atoms with Crippen LogP contribution in [-0.4, -0.2) is 278 Å². The molecule has 0 saturated carbocycles. The first-order chi connectivity index (χ1) is 63.4. The topological polar surface area (TPSA) is 371 Å². The fourth-order valence-electron chi connectivity index (χ4n) is 16.7. The minimum absolute atomic E-state index is 0. The van der Waals surface area contributed by atoms with Crippen molar-refractivity contribution in [3.63, 3.8) is 0 Å². The van der Waals surface area contributed by atoms with Crippen molar-refractivity contribution in [1.29, 1.82) is 0 Å². The highest BCUT2D eigenvalue weighted by atomic mass is 32.1. The number of amides is 3. The molecule has 0 atom stereocenters. The molecule has 0 unspecified atom stereocenters. The first-order valence-corrected chi connectivity index (χ1v) is 46.7. The van der Waals surface area contributed by atoms with Gasteiger partial charge in [-0.05, 0) is 116 Å². The van der Waals surface area contributed by atoms with E-state index in [-0.39, 0.29) is 74.1 Å². The number of nitrogens with two attached hydrogens (primary N) is 1. The SMILES string of the molecule is C.C/C(=C\c1ccccc1)C(=O)CCC(=O)N1CCN(Cc2cc3nc(-c4cccc5[nH]ncc45)nc(N4CCOCC4)c3s2)CC1.C/C(=C\c1ncc[nH]1)C(=O)CCC(=O)N1CCN(Cc2cc3nc(-c4cccc5[nH]ncc45)nc(N4CCOCC4)c3s2)CC1.CC(C)=CC(=O)CCCC(=O)N1CC=C(c2cc3nc(-c4cnc(N)nc4)nc([N+]4=CCOCC4)c3s2)CC1. The van der Waals surface area contributed by atoms with E-state index in [0.29, 0.717) is 145 Å². The number of hydrogen-bond donors (Lipinski definition) is 4. The average molecular weight is 1820 g/mol. The Balaban J connectivity index is 0.000000144. The second-order valence-electron chi connectivity index (χ2n) is 33.1. The van der Waals surface area contributed by atoms with Gasteiger partial charge in [0, 0.05) is 205 Å². The standard InChI is InChI=1S/C35H37N7O3S.C32H35N9O3S.C28H32N7O3S.CH4/c1-24(20-25-6-3-2-4-7-25)31(43)10-11-32(44)41-14-12-40(13-15-41)23-26-21-30-33(46-26)35(42-16-18-45-19-17-42)38-34(37-30)27-8-5-9-29-28(27)22-36-39-29;1-21(17-28-33-7-8-34-28)27(42)5-6-29(43)40-11-9-39(10-12-40)20-22-18-26-30(45-22)32(41-13-15-44-16-14-41)37-31(36-26)23-3-2-4-25-24(23)19-35-38-25;1-18(2)14-21(36)4-3-5-24(37)34-8-6-19(7-9-34)23-15-22-25(39-23)27(35-10-12-38-13-11-35)33-26(32-22)20-16-30-28(29)31-17-20;/h2-9,20-22H,10-19,23H2,1H3,(H,36,39);2-4,7-8,17-19H,5-6,9-16,20H2,1H3,(H,33,34)(H,35,38);6,10,14-17H,3-5,7-9,11-13H2,1-2H3,(H2,29,30,31);1H4/q;;+1;/b24-20+;21-17+;;. The zero-order valence-corrected chi connectivity index (χ0v) is 75.8. The third kappa shape index (κ3) is 22.6. The fourth-order valence-corrected chi connectivity index (χ4v) is 20.1. The van der Waals surface area contributed by atoms with E-state index in [1.807, 2.05) is 121 Å². The highest BCUT2D eigenvalue weighted by molar-refractivity contribution is 7.20. The summed E-state index contributed by atoms with van der Waals surface area (Å²) in [4.78, 5) is 140. The lowest BCUT2D eigenvalue weighted by Gasteiger charge is -2.34. The van der Waals surface area contributed by atoms with Crippen molar-refractivity contribution < 1.29 is 47.6 Å². The molecule has 131 heavy (non-hydrogen) atoms. The number of carbonyl (C=O) groups is 6. The van der Waals surface area contributed by atoms with Crippen molar-refractivity contribution in [3.8, 4) is 34.2 Å². The summed E-state index contributed by atoms with van der Waals surface area (Å²) in [6, 6.07) is 28.4. The van der Waals surface area contributed by atoms with Gasteiger partial charge in [-0.3, -0.25) is 48.8 Å². The molecule has 10 aromatic heterocycles. The van der Waals surface area contributed by atoms with Gasteiger partial charge in [0.05, 0.1) is 94.2 Å². The third-order valence-electron chi connectivity index (χ3n) is 23.7. The monoisotopic (exact) mass is 1820 g/mol. The number of anilines is 3. The number of H-pyrrole nitrogens is 3. The van der Waals surface area contributed by atoms with Crippen LogP contribution >= 0.6 is 34.0 Å². The Kier molecular flexibility index (Phi) is 30.0. The highest BCUT2D eigenvalue weighted by Gasteiger charge is 2.32. The molecule has 0 spiro atoms. The number of piperazine rings is 2. The quantitative estimate of drug-likeness (QED) is 0.0289. The van der Waals surface area contributed by atoms with Gasteiger partial charge in [-0.15, -0.1) is 34.0 Å². The molecule has 3 amide bonds. The van der Waals surface area contributed by atoms with Crippen LogP contribution in [0, 0.1) is 0 Å². The van der Waals surface area contributed by atoms with Crippen LogP contribution in [0.25, 0.3) is 104 Å². The maximum Gasteiger partial charge on any atom is 0.345 e. The van der Waals surface area contributed by atoms with Crippen LogP contribution in [0.2, 0.25) is 0 Å². The number of fused-ring (bicyclic) bond motifs is 5. The molecule has 16 heterocycles. The molecular weight excluding hydrogens is 1720 g/mol. The van der Waals surface area contributed by atoms with Crippen LogP contribution < -0.4 is 15.5 Å². The number of ketones is 3. The van der Waals surface area contributed by atoms with Gasteiger partial charge in [0.15, 0.2) is 40.6 Å². The zero-order valence-electron chi connectivity index (χ0n) is 73.3. The number of allylic oxidation sites excluding steroid dienone is 4. The second kappa shape index (κ2) is 42.9. The Morgan fingerprint density at radius 2 is 1.08 bits per heavy atom. The first kappa shape index (κ1) is 91.6. The van der Waals surface area contributed by atoms with E-state index >= 15 is 0 Å². The average Bonchev–Trinajstić information content (AvgIpc) is 1.65. The largest absolute Gasteiger partial charge is 0.378 e. The summed E-state index contributed by atoms with van der Waals surface area (Å²) in [5.41, 5.74) is 17.4. The summed E-state index contributed by atoms with van der Waals surface area (Å²) < 4.78 is 22.1. The summed E-state index contributed by atoms with van der Waals surface area (Å²) >= 11 is 5.16. The summed E-state index contributed by atoms with van der Waals surface area (Å²) in [6.07, 6.45) is 22.7. The number of ether oxygens (including phenoxy) is 3. The van der Waals surface area contributed by atoms with E-state index in [4.69, 9.17) is 49.8 Å². The Bertz CT molecular complexity index is 6440. The van der Waals surface area contributed by atoms with Crippen molar-refractivity contribution >= 4 is 169 Å². The molecule has 35 heteroatoms. The number of aromatic nitrogens is 14. The Hall–Kier alpha value is -12.7. The van der Waals surface area contributed by atoms with E-state index in [1.165, 1.54) is 15.3 Å². The van der Waals surface area contributed by atoms with Gasteiger partial charge in [0.2, 0.25) is 23.7 Å². The van der Waals surface area contributed by atoms with Gasteiger partial charge in [0.1, 0.15) is 23.7 Å². The van der Waals surface area contributed by atoms with Crippen LogP contribution in [0.3, 0.4) is 0 Å². The lowest BCUT2D eigenvalue weighted by atomic mass is 10.0. The van der Waals surface area contributed by atoms with Crippen LogP contribution in [-0.2, 0) is 56.1 Å². The Morgan fingerprint density at radius 3 is 1.60 bits per heavy atom. The molecule has 0 aliphatic carbocycles. The number of Topliss-reactive ketones (excluding diaryl/α,β-unsaturated/α-hetero) is 2. The minimum Gasteiger partial charge on any atom is -0.378 e. The van der Waals surface area contributed by atoms with Gasteiger partial charge < -0.3 is 49.4 Å². The molecule has 13 aromatic rings. The summed E-state index contributed by atoms with van der Waals surface area (Å²) in [7, 11) is 0. The highest BCUT2D eigenvalue weighted by Crippen LogP contribution is 2.42. The molecule has 3 aromatic carbocycles. The Morgan fingerprint density at radius 1 is 0.527 bits per heavy atom. The molecule has 19 rings (SSSR count). The number of carbonyl (C=O) groups excluding carboxylic acids is 6. The van der Waals surface area contributed by atoms with Crippen LogP contribution in [0.4, 0.5) is 23.4 Å². The summed E-state index contributed by atoms with van der Waals surface area (Å²) in [5, 5.41) is 16.6.